The average molecular weight is 267 g/mol. The predicted octanol–water partition coefficient (Wildman–Crippen LogP) is 3.87. The summed E-state index contributed by atoms with van der Waals surface area (Å²) in [6, 6.07) is 4.68. The van der Waals surface area contributed by atoms with E-state index in [0.29, 0.717) is 11.4 Å². The van der Waals surface area contributed by atoms with Crippen LogP contribution in [0.1, 0.15) is 11.1 Å². The minimum Gasteiger partial charge on any atom is -0.436 e. The molecule has 0 atom stereocenters. The van der Waals surface area contributed by atoms with E-state index in [-0.39, 0.29) is 10.9 Å². The molecule has 18 heavy (non-hydrogen) atoms. The lowest BCUT2D eigenvalue weighted by molar-refractivity contribution is 0.420. The third-order valence-corrected chi connectivity index (χ3v) is 2.75. The first-order valence-corrected chi connectivity index (χ1v) is 5.71. The van der Waals surface area contributed by atoms with Crippen LogP contribution >= 0.6 is 11.6 Å². The highest BCUT2D eigenvalue weighted by atomic mass is 35.5. The van der Waals surface area contributed by atoms with E-state index in [9.17, 15) is 4.39 Å². The fourth-order valence-corrected chi connectivity index (χ4v) is 1.65. The fraction of sp³-hybridized carbons (Fsp3) is 0.154. The lowest BCUT2D eigenvalue weighted by Gasteiger charge is -2.11. The number of aryl methyl sites for hydroxylation is 2. The average Bonchev–Trinajstić information content (AvgIpc) is 2.29. The van der Waals surface area contributed by atoms with Crippen molar-refractivity contribution in [1.82, 2.24) is 4.98 Å². The number of ether oxygens (including phenoxy) is 1. The topological polar surface area (TPSA) is 48.1 Å². The van der Waals surface area contributed by atoms with Gasteiger partial charge in [0.1, 0.15) is 5.75 Å². The minimum absolute atomic E-state index is 0.105. The number of nitrogens with zero attached hydrogens (tertiary/aromatic N) is 1. The molecular formula is C13H12ClFN2O. The van der Waals surface area contributed by atoms with Gasteiger partial charge in [-0.2, -0.15) is 0 Å². The Kier molecular flexibility index (Phi) is 3.39. The van der Waals surface area contributed by atoms with E-state index in [1.807, 2.05) is 13.8 Å². The van der Waals surface area contributed by atoms with Crippen LogP contribution in [0.25, 0.3) is 0 Å². The van der Waals surface area contributed by atoms with Crippen molar-refractivity contribution in [3.63, 3.8) is 0 Å². The van der Waals surface area contributed by atoms with Gasteiger partial charge in [0.25, 0.3) is 5.88 Å². The lowest BCUT2D eigenvalue weighted by atomic mass is 10.1. The summed E-state index contributed by atoms with van der Waals surface area (Å²) in [6.07, 6.45) is 1.33. The molecule has 0 bridgehead atoms. The highest BCUT2D eigenvalue weighted by Gasteiger charge is 2.10. The van der Waals surface area contributed by atoms with Gasteiger partial charge in [-0.1, -0.05) is 11.6 Å². The molecule has 5 heteroatoms. The fourth-order valence-electron chi connectivity index (χ4n) is 1.50. The van der Waals surface area contributed by atoms with Crippen molar-refractivity contribution in [3.8, 4) is 11.6 Å². The Morgan fingerprint density at radius 3 is 2.61 bits per heavy atom. The Labute approximate surface area is 109 Å². The predicted molar refractivity (Wildman–Crippen MR) is 69.6 cm³/mol. The van der Waals surface area contributed by atoms with Gasteiger partial charge >= 0.3 is 0 Å². The van der Waals surface area contributed by atoms with Crippen molar-refractivity contribution in [1.29, 1.82) is 0 Å². The summed E-state index contributed by atoms with van der Waals surface area (Å²) < 4.78 is 19.0. The summed E-state index contributed by atoms with van der Waals surface area (Å²) in [7, 11) is 0. The van der Waals surface area contributed by atoms with Crippen LogP contribution in [0, 0.1) is 19.7 Å². The van der Waals surface area contributed by atoms with Gasteiger partial charge in [0.05, 0.1) is 5.02 Å². The maximum absolute atomic E-state index is 13.6. The van der Waals surface area contributed by atoms with Crippen LogP contribution in [0.2, 0.25) is 5.02 Å². The van der Waals surface area contributed by atoms with Gasteiger partial charge in [0.15, 0.2) is 5.82 Å². The number of halogens is 2. The first kappa shape index (κ1) is 12.6. The third-order valence-electron chi connectivity index (χ3n) is 2.54. The molecule has 0 fully saturated rings. The molecule has 0 saturated heterocycles. The Hall–Kier alpha value is -1.81. The molecule has 1 aromatic heterocycles. The van der Waals surface area contributed by atoms with Crippen LogP contribution in [-0.4, -0.2) is 4.98 Å². The summed E-state index contributed by atoms with van der Waals surface area (Å²) in [5.74, 6) is -0.182. The number of pyridine rings is 1. The summed E-state index contributed by atoms with van der Waals surface area (Å²) in [5.41, 5.74) is 8.12. The van der Waals surface area contributed by atoms with E-state index < -0.39 is 5.82 Å². The normalized spacial score (nSPS) is 10.4. The van der Waals surface area contributed by atoms with E-state index in [2.05, 4.69) is 4.98 Å². The van der Waals surface area contributed by atoms with Gasteiger partial charge in [-0.3, -0.25) is 0 Å². The number of anilines is 1. The largest absolute Gasteiger partial charge is 0.436 e. The van der Waals surface area contributed by atoms with Crippen molar-refractivity contribution >= 4 is 17.3 Å². The second kappa shape index (κ2) is 4.82. The van der Waals surface area contributed by atoms with Crippen LogP contribution in [0.3, 0.4) is 0 Å². The zero-order valence-electron chi connectivity index (χ0n) is 10.00. The molecule has 0 aliphatic rings. The molecule has 2 N–H and O–H groups in total. The molecule has 94 valence electrons. The molecule has 1 heterocycles. The van der Waals surface area contributed by atoms with Crippen molar-refractivity contribution in [2.45, 2.75) is 13.8 Å². The zero-order valence-corrected chi connectivity index (χ0v) is 10.8. The van der Waals surface area contributed by atoms with Gasteiger partial charge in [-0.15, -0.1) is 0 Å². The van der Waals surface area contributed by atoms with E-state index in [0.717, 1.165) is 17.2 Å². The Bertz CT molecular complexity index is 602. The molecule has 2 aromatic rings. The molecule has 0 amide bonds. The van der Waals surface area contributed by atoms with Gasteiger partial charge < -0.3 is 10.5 Å². The van der Waals surface area contributed by atoms with Gasteiger partial charge in [-0.05, 0) is 43.2 Å². The van der Waals surface area contributed by atoms with Crippen molar-refractivity contribution in [2.24, 2.45) is 0 Å². The number of benzene rings is 1. The van der Waals surface area contributed by atoms with Gasteiger partial charge in [0.2, 0.25) is 0 Å². The number of aromatic nitrogens is 1. The number of hydrogen-bond acceptors (Lipinski definition) is 3. The highest BCUT2D eigenvalue weighted by molar-refractivity contribution is 6.30. The zero-order chi connectivity index (χ0) is 13.3. The minimum atomic E-state index is -0.601. The Morgan fingerprint density at radius 2 is 1.94 bits per heavy atom. The smallest absolute Gasteiger partial charge is 0.255 e. The summed E-state index contributed by atoms with van der Waals surface area (Å²) in [4.78, 5) is 3.81. The summed E-state index contributed by atoms with van der Waals surface area (Å²) in [5, 5.41) is 0.227. The van der Waals surface area contributed by atoms with Crippen molar-refractivity contribution in [2.75, 3.05) is 5.73 Å². The number of nitrogen functional groups attached to an aromatic ring is 1. The van der Waals surface area contributed by atoms with Crippen LogP contribution in [0.4, 0.5) is 10.1 Å². The van der Waals surface area contributed by atoms with E-state index in [1.54, 1.807) is 12.1 Å². The van der Waals surface area contributed by atoms with Crippen molar-refractivity contribution < 1.29 is 9.13 Å². The SMILES string of the molecule is Cc1cc(Oc2ncc(Cl)cc2F)c(C)cc1N. The van der Waals surface area contributed by atoms with E-state index in [1.165, 1.54) is 6.20 Å². The van der Waals surface area contributed by atoms with Crippen LogP contribution in [0.5, 0.6) is 11.6 Å². The Balaban J connectivity index is 2.37. The summed E-state index contributed by atoms with van der Waals surface area (Å²) >= 11 is 5.62. The van der Waals surface area contributed by atoms with E-state index >= 15 is 0 Å². The monoisotopic (exact) mass is 266 g/mol. The second-order valence-corrected chi connectivity index (χ2v) is 4.45. The van der Waals surface area contributed by atoms with Crippen LogP contribution in [-0.2, 0) is 0 Å². The highest BCUT2D eigenvalue weighted by Crippen LogP contribution is 2.29. The first-order valence-electron chi connectivity index (χ1n) is 5.33. The molecule has 3 nitrogen and oxygen atoms in total. The van der Waals surface area contributed by atoms with Gasteiger partial charge in [-0.25, -0.2) is 9.37 Å². The maximum atomic E-state index is 13.6. The third kappa shape index (κ3) is 2.54. The number of nitrogens with two attached hydrogens (primary N) is 1. The molecule has 0 aliphatic carbocycles. The molecule has 2 rings (SSSR count). The molecule has 0 aliphatic heterocycles. The molecule has 0 unspecified atom stereocenters. The molecular weight excluding hydrogens is 255 g/mol. The van der Waals surface area contributed by atoms with Gasteiger partial charge in [0, 0.05) is 11.9 Å². The molecule has 1 aromatic carbocycles. The number of hydrogen-bond donors (Lipinski definition) is 1. The van der Waals surface area contributed by atoms with Crippen LogP contribution in [0.15, 0.2) is 24.4 Å². The lowest BCUT2D eigenvalue weighted by Crippen LogP contribution is -1.97. The van der Waals surface area contributed by atoms with E-state index in [4.69, 9.17) is 22.1 Å². The molecule has 0 saturated carbocycles. The first-order chi connectivity index (χ1) is 8.47. The second-order valence-electron chi connectivity index (χ2n) is 4.02. The number of rotatable bonds is 2. The van der Waals surface area contributed by atoms with Crippen LogP contribution < -0.4 is 10.5 Å². The molecule has 0 spiro atoms. The Morgan fingerprint density at radius 1 is 1.22 bits per heavy atom. The van der Waals surface area contributed by atoms with Crippen molar-refractivity contribution in [3.05, 3.63) is 46.4 Å². The molecule has 0 radical (unpaired) electrons. The summed E-state index contributed by atoms with van der Waals surface area (Å²) in [6.45, 7) is 3.69. The quantitative estimate of drug-likeness (QED) is 0.840. The maximum Gasteiger partial charge on any atom is 0.255 e. The standard InChI is InChI=1S/C13H12ClFN2O/c1-7-4-12(8(2)3-11(7)16)18-13-10(15)5-9(14)6-17-13/h3-6H,16H2,1-2H3.